The van der Waals surface area contributed by atoms with E-state index in [9.17, 15) is 4.79 Å². The Hall–Kier alpha value is -2.53. The molecule has 2 aromatic heterocycles. The van der Waals surface area contributed by atoms with Crippen molar-refractivity contribution in [3.63, 3.8) is 0 Å². The van der Waals surface area contributed by atoms with E-state index >= 15 is 0 Å². The van der Waals surface area contributed by atoms with Crippen molar-refractivity contribution in [2.75, 3.05) is 20.6 Å². The van der Waals surface area contributed by atoms with Crippen LogP contribution in [-0.2, 0) is 11.3 Å². The molecule has 5 nitrogen and oxygen atoms in total. The summed E-state index contributed by atoms with van der Waals surface area (Å²) in [6.07, 6.45) is 10.8. The predicted octanol–water partition coefficient (Wildman–Crippen LogP) is 2.92. The Morgan fingerprint density at radius 1 is 1.28 bits per heavy atom. The number of likely N-dealkylation sites (tertiary alicyclic amines) is 1. The Morgan fingerprint density at radius 3 is 2.76 bits per heavy atom. The van der Waals surface area contributed by atoms with Crippen LogP contribution < -0.4 is 0 Å². The zero-order valence-electron chi connectivity index (χ0n) is 14.8. The third-order valence-corrected chi connectivity index (χ3v) is 4.35. The Morgan fingerprint density at radius 2 is 2.08 bits per heavy atom. The van der Waals surface area contributed by atoms with E-state index in [-0.39, 0.29) is 11.9 Å². The molecule has 1 amide bonds. The number of aromatic nitrogens is 2. The molecule has 1 atom stereocenters. The maximum atomic E-state index is 12.6. The summed E-state index contributed by atoms with van der Waals surface area (Å²) < 4.78 is 0. The van der Waals surface area contributed by atoms with Crippen LogP contribution in [-0.4, -0.2) is 46.3 Å². The lowest BCUT2D eigenvalue weighted by molar-refractivity contribution is -0.126. The van der Waals surface area contributed by atoms with Gasteiger partial charge in [0.25, 0.3) is 0 Å². The van der Waals surface area contributed by atoms with Crippen molar-refractivity contribution in [1.29, 1.82) is 0 Å². The molecule has 1 fully saturated rings. The van der Waals surface area contributed by atoms with Gasteiger partial charge < -0.3 is 9.80 Å². The van der Waals surface area contributed by atoms with Crippen molar-refractivity contribution in [1.82, 2.24) is 19.8 Å². The molecule has 1 saturated heterocycles. The number of amides is 1. The molecular weight excluding hydrogens is 312 g/mol. The van der Waals surface area contributed by atoms with E-state index in [0.717, 1.165) is 37.2 Å². The summed E-state index contributed by atoms with van der Waals surface area (Å²) in [6.45, 7) is 1.65. The monoisotopic (exact) mass is 336 g/mol. The first-order valence-corrected chi connectivity index (χ1v) is 8.62. The zero-order chi connectivity index (χ0) is 17.6. The van der Waals surface area contributed by atoms with Gasteiger partial charge in [-0.15, -0.1) is 0 Å². The number of carbonyl (C=O) groups excluding carboxylic acids is 1. The van der Waals surface area contributed by atoms with Crippen LogP contribution in [0.1, 0.15) is 35.7 Å². The molecule has 0 spiro atoms. The summed E-state index contributed by atoms with van der Waals surface area (Å²) >= 11 is 0. The topological polar surface area (TPSA) is 49.3 Å². The second kappa shape index (κ2) is 8.03. The van der Waals surface area contributed by atoms with Crippen molar-refractivity contribution in [2.24, 2.45) is 0 Å². The maximum absolute atomic E-state index is 12.6. The Kier molecular flexibility index (Phi) is 5.56. The summed E-state index contributed by atoms with van der Waals surface area (Å²) in [6, 6.07) is 8.01. The lowest BCUT2D eigenvalue weighted by Crippen LogP contribution is -2.29. The van der Waals surface area contributed by atoms with Gasteiger partial charge in [0, 0.05) is 37.8 Å². The van der Waals surface area contributed by atoms with Gasteiger partial charge in [-0.2, -0.15) is 0 Å². The number of rotatable bonds is 5. The Balaban J connectivity index is 1.69. The van der Waals surface area contributed by atoms with Crippen LogP contribution in [0.3, 0.4) is 0 Å². The molecule has 1 aliphatic rings. The summed E-state index contributed by atoms with van der Waals surface area (Å²) in [5, 5.41) is 0. The molecule has 3 heterocycles. The first-order chi connectivity index (χ1) is 12.1. The second-order valence-electron chi connectivity index (χ2n) is 6.63. The number of hydrogen-bond donors (Lipinski definition) is 0. The fourth-order valence-electron chi connectivity index (χ4n) is 3.17. The number of pyridine rings is 2. The van der Waals surface area contributed by atoms with Crippen LogP contribution in [0.4, 0.5) is 0 Å². The summed E-state index contributed by atoms with van der Waals surface area (Å²) in [7, 11) is 4.08. The molecule has 1 aliphatic heterocycles. The predicted molar refractivity (Wildman–Crippen MR) is 98.6 cm³/mol. The Labute approximate surface area is 149 Å². The lowest BCUT2D eigenvalue weighted by Gasteiger charge is -2.23. The molecule has 0 N–H and O–H groups in total. The van der Waals surface area contributed by atoms with Crippen molar-refractivity contribution < 1.29 is 4.79 Å². The van der Waals surface area contributed by atoms with Crippen molar-refractivity contribution in [3.8, 4) is 0 Å². The minimum Gasteiger partial charge on any atom is -0.331 e. The van der Waals surface area contributed by atoms with Crippen LogP contribution in [0, 0.1) is 0 Å². The molecule has 0 saturated carbocycles. The minimum absolute atomic E-state index is 0.0403. The molecule has 130 valence electrons. The Bertz CT molecular complexity index is 725. The SMILES string of the molecule is CN(C)Cc1ccc([C@@H]2CCCN2C(=O)/C=C/c2ccncc2)nc1. The number of carbonyl (C=O) groups is 1. The number of nitrogens with zero attached hydrogens (tertiary/aromatic N) is 4. The zero-order valence-corrected chi connectivity index (χ0v) is 14.8. The van der Waals surface area contributed by atoms with Crippen molar-refractivity contribution >= 4 is 12.0 Å². The highest BCUT2D eigenvalue weighted by atomic mass is 16.2. The van der Waals surface area contributed by atoms with E-state index < -0.39 is 0 Å². The van der Waals surface area contributed by atoms with Gasteiger partial charge in [0.15, 0.2) is 0 Å². The van der Waals surface area contributed by atoms with Gasteiger partial charge in [-0.05, 0) is 62.3 Å². The molecule has 5 heteroatoms. The average Bonchev–Trinajstić information content (AvgIpc) is 3.10. The van der Waals surface area contributed by atoms with Crippen LogP contribution in [0.25, 0.3) is 6.08 Å². The van der Waals surface area contributed by atoms with Gasteiger partial charge in [-0.3, -0.25) is 14.8 Å². The first kappa shape index (κ1) is 17.3. The van der Waals surface area contributed by atoms with E-state index in [1.807, 2.05) is 43.4 Å². The average molecular weight is 336 g/mol. The standard InChI is InChI=1S/C20H24N4O/c1-23(2)15-17-5-7-18(22-14-17)19-4-3-13-24(19)20(25)8-6-16-9-11-21-12-10-16/h5-12,14,19H,3-4,13,15H2,1-2H3/b8-6+/t19-/m0/s1. The quantitative estimate of drug-likeness (QED) is 0.788. The molecule has 2 aromatic rings. The summed E-state index contributed by atoms with van der Waals surface area (Å²) in [5.74, 6) is 0.0403. The number of hydrogen-bond acceptors (Lipinski definition) is 4. The van der Waals surface area contributed by atoms with Gasteiger partial charge in [-0.1, -0.05) is 6.07 Å². The highest BCUT2D eigenvalue weighted by Crippen LogP contribution is 2.31. The van der Waals surface area contributed by atoms with Gasteiger partial charge >= 0.3 is 0 Å². The highest BCUT2D eigenvalue weighted by Gasteiger charge is 2.29. The van der Waals surface area contributed by atoms with E-state index in [1.165, 1.54) is 5.56 Å². The van der Waals surface area contributed by atoms with Crippen LogP contribution >= 0.6 is 0 Å². The van der Waals surface area contributed by atoms with Gasteiger partial charge in [-0.25, -0.2) is 0 Å². The molecular formula is C20H24N4O. The summed E-state index contributed by atoms with van der Waals surface area (Å²) in [5.41, 5.74) is 3.14. The van der Waals surface area contributed by atoms with Crippen LogP contribution in [0.15, 0.2) is 48.9 Å². The molecule has 3 rings (SSSR count). The van der Waals surface area contributed by atoms with E-state index in [4.69, 9.17) is 0 Å². The van der Waals surface area contributed by atoms with E-state index in [2.05, 4.69) is 27.0 Å². The van der Waals surface area contributed by atoms with E-state index in [1.54, 1.807) is 18.5 Å². The van der Waals surface area contributed by atoms with Gasteiger partial charge in [0.05, 0.1) is 11.7 Å². The van der Waals surface area contributed by atoms with Crippen LogP contribution in [0.5, 0.6) is 0 Å². The van der Waals surface area contributed by atoms with Gasteiger partial charge in [0.1, 0.15) is 0 Å². The highest BCUT2D eigenvalue weighted by molar-refractivity contribution is 5.92. The normalized spacial score (nSPS) is 17.6. The third kappa shape index (κ3) is 4.51. The first-order valence-electron chi connectivity index (χ1n) is 8.62. The lowest BCUT2D eigenvalue weighted by atomic mass is 10.1. The molecule has 0 unspecified atom stereocenters. The fraction of sp³-hybridized carbons (Fsp3) is 0.350. The molecule has 25 heavy (non-hydrogen) atoms. The largest absolute Gasteiger partial charge is 0.331 e. The van der Waals surface area contributed by atoms with Crippen molar-refractivity contribution in [3.05, 3.63) is 65.8 Å². The fourth-order valence-corrected chi connectivity index (χ4v) is 3.17. The molecule has 0 bridgehead atoms. The van der Waals surface area contributed by atoms with Gasteiger partial charge in [0.2, 0.25) is 5.91 Å². The van der Waals surface area contributed by atoms with Crippen LogP contribution in [0.2, 0.25) is 0 Å². The third-order valence-electron chi connectivity index (χ3n) is 4.35. The second-order valence-corrected chi connectivity index (χ2v) is 6.63. The molecule has 0 aliphatic carbocycles. The summed E-state index contributed by atoms with van der Waals surface area (Å²) in [4.78, 5) is 25.2. The molecule has 0 radical (unpaired) electrons. The molecule has 0 aromatic carbocycles. The minimum atomic E-state index is 0.0403. The van der Waals surface area contributed by atoms with Crippen molar-refractivity contribution in [2.45, 2.75) is 25.4 Å². The smallest absolute Gasteiger partial charge is 0.247 e. The maximum Gasteiger partial charge on any atom is 0.247 e. The van der Waals surface area contributed by atoms with E-state index in [0.29, 0.717) is 0 Å².